The maximum Gasteiger partial charge on any atom is 0.343 e. The third-order valence-electron chi connectivity index (χ3n) is 2.92. The Hall–Kier alpha value is -2.63. The van der Waals surface area contributed by atoms with Gasteiger partial charge in [-0.15, -0.1) is 0 Å². The van der Waals surface area contributed by atoms with Gasteiger partial charge in [-0.1, -0.05) is 18.2 Å². The molecule has 0 fully saturated rings. The van der Waals surface area contributed by atoms with Crippen LogP contribution in [0.3, 0.4) is 0 Å². The zero-order chi connectivity index (χ0) is 14.5. The highest BCUT2D eigenvalue weighted by Crippen LogP contribution is 2.21. The summed E-state index contributed by atoms with van der Waals surface area (Å²) < 4.78 is 6.79. The Morgan fingerprint density at radius 1 is 1.40 bits per heavy atom. The number of hydrogen-bond donors (Lipinski definition) is 0. The summed E-state index contributed by atoms with van der Waals surface area (Å²) in [7, 11) is 1.60. The molecule has 0 saturated heterocycles. The molecule has 0 atom stereocenters. The van der Waals surface area contributed by atoms with Crippen molar-refractivity contribution in [2.45, 2.75) is 13.5 Å². The highest BCUT2D eigenvalue weighted by Gasteiger charge is 2.16. The number of benzene rings is 1. The number of aromatic nitrogens is 2. The number of methoxy groups -OCH3 is 1. The average molecular weight is 273 g/mol. The van der Waals surface area contributed by atoms with Crippen LogP contribution in [0.1, 0.15) is 18.3 Å². The molecule has 0 spiro atoms. The van der Waals surface area contributed by atoms with Crippen LogP contribution in [0, 0.1) is 10.1 Å². The molecule has 2 rings (SSSR count). The van der Waals surface area contributed by atoms with E-state index in [1.807, 2.05) is 37.3 Å². The smallest absolute Gasteiger partial charge is 0.343 e. The van der Waals surface area contributed by atoms with Crippen LogP contribution in [0.5, 0.6) is 5.75 Å². The van der Waals surface area contributed by atoms with E-state index >= 15 is 0 Å². The molecule has 0 radical (unpaired) electrons. The Labute approximate surface area is 116 Å². The molecule has 1 aromatic heterocycles. The van der Waals surface area contributed by atoms with Gasteiger partial charge in [0.15, 0.2) is 0 Å². The minimum absolute atomic E-state index is 0.00724. The van der Waals surface area contributed by atoms with Gasteiger partial charge in [-0.2, -0.15) is 0 Å². The van der Waals surface area contributed by atoms with Crippen molar-refractivity contribution in [1.29, 1.82) is 0 Å². The van der Waals surface area contributed by atoms with Gasteiger partial charge in [0, 0.05) is 11.6 Å². The Kier molecular flexibility index (Phi) is 4.14. The van der Waals surface area contributed by atoms with Crippen molar-refractivity contribution >= 4 is 18.0 Å². The quantitative estimate of drug-likeness (QED) is 0.620. The molecule has 0 aliphatic heterocycles. The third kappa shape index (κ3) is 2.69. The van der Waals surface area contributed by atoms with Crippen LogP contribution < -0.4 is 4.74 Å². The van der Waals surface area contributed by atoms with Crippen molar-refractivity contribution in [1.82, 2.24) is 9.55 Å². The lowest BCUT2D eigenvalue weighted by atomic mass is 10.2. The number of rotatable bonds is 5. The molecule has 6 heteroatoms. The zero-order valence-electron chi connectivity index (χ0n) is 11.3. The second-order valence-corrected chi connectivity index (χ2v) is 4.05. The molecule has 0 bridgehead atoms. The summed E-state index contributed by atoms with van der Waals surface area (Å²) in [5, 5.41) is 10.9. The first-order chi connectivity index (χ1) is 9.67. The summed E-state index contributed by atoms with van der Waals surface area (Å²) in [6.45, 7) is 2.33. The molecule has 0 aliphatic carbocycles. The van der Waals surface area contributed by atoms with Gasteiger partial charge in [-0.3, -0.25) is 0 Å². The van der Waals surface area contributed by atoms with Gasteiger partial charge in [-0.05, 0) is 24.0 Å². The van der Waals surface area contributed by atoms with Crippen molar-refractivity contribution < 1.29 is 9.66 Å². The molecule has 0 aliphatic rings. The van der Waals surface area contributed by atoms with Gasteiger partial charge in [0.25, 0.3) is 0 Å². The lowest BCUT2D eigenvalue weighted by molar-refractivity contribution is -0.392. The van der Waals surface area contributed by atoms with Crippen LogP contribution in [-0.4, -0.2) is 21.6 Å². The van der Waals surface area contributed by atoms with Gasteiger partial charge < -0.3 is 14.9 Å². The fourth-order valence-corrected chi connectivity index (χ4v) is 1.95. The highest BCUT2D eigenvalue weighted by atomic mass is 16.6. The topological polar surface area (TPSA) is 70.2 Å². The first-order valence-electron chi connectivity index (χ1n) is 6.18. The highest BCUT2D eigenvalue weighted by molar-refractivity contribution is 5.70. The number of imidazole rings is 1. The summed E-state index contributed by atoms with van der Waals surface area (Å²) in [5.74, 6) is 1.28. The van der Waals surface area contributed by atoms with E-state index in [-0.39, 0.29) is 5.82 Å². The Morgan fingerprint density at radius 2 is 2.15 bits per heavy atom. The maximum atomic E-state index is 10.9. The monoisotopic (exact) mass is 273 g/mol. The Balaban J connectivity index is 2.34. The number of para-hydroxylation sites is 1. The minimum Gasteiger partial charge on any atom is -0.496 e. The van der Waals surface area contributed by atoms with Crippen LogP contribution in [0.15, 0.2) is 30.5 Å². The largest absolute Gasteiger partial charge is 0.496 e. The van der Waals surface area contributed by atoms with E-state index in [2.05, 4.69) is 4.98 Å². The number of ether oxygens (including phenoxy) is 1. The van der Waals surface area contributed by atoms with Crippen molar-refractivity contribution in [2.75, 3.05) is 7.11 Å². The molecule has 1 aromatic carbocycles. The molecule has 2 aromatic rings. The van der Waals surface area contributed by atoms with E-state index < -0.39 is 4.92 Å². The lowest BCUT2D eigenvalue weighted by Crippen LogP contribution is -2.02. The second-order valence-electron chi connectivity index (χ2n) is 4.05. The Morgan fingerprint density at radius 3 is 2.80 bits per heavy atom. The number of nitrogens with zero attached hydrogens (tertiary/aromatic N) is 3. The van der Waals surface area contributed by atoms with Crippen molar-refractivity contribution in [3.05, 3.63) is 52.0 Å². The molecule has 20 heavy (non-hydrogen) atoms. The molecular formula is C14H15N3O3. The van der Waals surface area contributed by atoms with Gasteiger partial charge in [0.2, 0.25) is 5.82 Å². The number of nitro groups is 1. The molecule has 1 heterocycles. The summed E-state index contributed by atoms with van der Waals surface area (Å²) in [4.78, 5) is 14.5. The molecule has 0 saturated carbocycles. The molecule has 0 unspecified atom stereocenters. The molecule has 0 N–H and O–H groups in total. The van der Waals surface area contributed by atoms with Crippen molar-refractivity contribution in [2.24, 2.45) is 0 Å². The molecular weight excluding hydrogens is 258 g/mol. The fraction of sp³-hybridized carbons (Fsp3) is 0.214. The van der Waals surface area contributed by atoms with Crippen LogP contribution >= 0.6 is 0 Å². The standard InChI is InChI=1S/C14H15N3O3/c1-3-16-13(15-10-14(16)17(18)19)9-8-11-6-4-5-7-12(11)20-2/h4-10H,3H2,1-2H3/b9-8+. The summed E-state index contributed by atoms with van der Waals surface area (Å²) in [5.41, 5.74) is 0.892. The van der Waals surface area contributed by atoms with E-state index in [4.69, 9.17) is 4.74 Å². The van der Waals surface area contributed by atoms with E-state index in [0.717, 1.165) is 11.3 Å². The summed E-state index contributed by atoms with van der Waals surface area (Å²) in [6, 6.07) is 7.54. The van der Waals surface area contributed by atoms with Crippen molar-refractivity contribution in [3.8, 4) is 5.75 Å². The molecule has 0 amide bonds. The first-order valence-corrected chi connectivity index (χ1v) is 6.18. The Bertz CT molecular complexity index is 647. The second kappa shape index (κ2) is 6.01. The van der Waals surface area contributed by atoms with Crippen LogP contribution in [0.4, 0.5) is 5.82 Å². The average Bonchev–Trinajstić information content (AvgIpc) is 2.88. The van der Waals surface area contributed by atoms with E-state index in [0.29, 0.717) is 12.4 Å². The maximum absolute atomic E-state index is 10.9. The van der Waals surface area contributed by atoms with E-state index in [9.17, 15) is 10.1 Å². The zero-order valence-corrected chi connectivity index (χ0v) is 11.3. The van der Waals surface area contributed by atoms with E-state index in [1.54, 1.807) is 17.8 Å². The van der Waals surface area contributed by atoms with Crippen LogP contribution in [0.2, 0.25) is 0 Å². The first kappa shape index (κ1) is 13.8. The number of hydrogen-bond acceptors (Lipinski definition) is 4. The lowest BCUT2D eigenvalue weighted by Gasteiger charge is -2.03. The third-order valence-corrected chi connectivity index (χ3v) is 2.92. The van der Waals surface area contributed by atoms with Gasteiger partial charge in [-0.25, -0.2) is 9.55 Å². The predicted molar refractivity (Wildman–Crippen MR) is 76.5 cm³/mol. The van der Waals surface area contributed by atoms with Crippen LogP contribution in [-0.2, 0) is 6.54 Å². The molecule has 6 nitrogen and oxygen atoms in total. The van der Waals surface area contributed by atoms with Gasteiger partial charge in [0.05, 0.1) is 13.7 Å². The fourth-order valence-electron chi connectivity index (χ4n) is 1.95. The van der Waals surface area contributed by atoms with Crippen molar-refractivity contribution in [3.63, 3.8) is 0 Å². The van der Waals surface area contributed by atoms with E-state index in [1.165, 1.54) is 6.20 Å². The SMILES string of the molecule is CCn1c([N+](=O)[O-])cnc1/C=C/c1ccccc1OC. The summed E-state index contributed by atoms with van der Waals surface area (Å²) >= 11 is 0. The minimum atomic E-state index is -0.434. The van der Waals surface area contributed by atoms with Crippen LogP contribution in [0.25, 0.3) is 12.2 Å². The predicted octanol–water partition coefficient (Wildman–Crippen LogP) is 2.99. The normalized spacial score (nSPS) is 10.9. The van der Waals surface area contributed by atoms with Gasteiger partial charge >= 0.3 is 5.82 Å². The van der Waals surface area contributed by atoms with Gasteiger partial charge in [0.1, 0.15) is 11.9 Å². The summed E-state index contributed by atoms with van der Waals surface area (Å²) in [6.07, 6.45) is 4.84. The molecule has 104 valence electrons.